The lowest BCUT2D eigenvalue weighted by Gasteiger charge is -2.09. The fourth-order valence-corrected chi connectivity index (χ4v) is 3.73. The highest BCUT2D eigenvalue weighted by molar-refractivity contribution is 7.92. The highest BCUT2D eigenvalue weighted by atomic mass is 35.5. The van der Waals surface area contributed by atoms with Gasteiger partial charge in [0.05, 0.1) is 23.1 Å². The summed E-state index contributed by atoms with van der Waals surface area (Å²) in [6, 6.07) is 16.5. The number of hydrogen-bond acceptors (Lipinski definition) is 7. The summed E-state index contributed by atoms with van der Waals surface area (Å²) in [7, 11) is -2.49. The van der Waals surface area contributed by atoms with Gasteiger partial charge in [-0.25, -0.2) is 8.42 Å². The molecule has 0 saturated carbocycles. The summed E-state index contributed by atoms with van der Waals surface area (Å²) in [4.78, 5) is 10.5. The molecule has 0 bridgehead atoms. The van der Waals surface area contributed by atoms with Gasteiger partial charge in [0.2, 0.25) is 0 Å². The van der Waals surface area contributed by atoms with Crippen LogP contribution in [0.2, 0.25) is 5.02 Å². The van der Waals surface area contributed by atoms with Crippen LogP contribution in [-0.4, -0.2) is 26.7 Å². The lowest BCUT2D eigenvalue weighted by molar-refractivity contribution is -0.384. The molecule has 31 heavy (non-hydrogen) atoms. The molecule has 0 unspecified atom stereocenters. The molecule has 0 aliphatic carbocycles. The molecule has 3 rings (SSSR count). The van der Waals surface area contributed by atoms with Crippen molar-refractivity contribution in [3.05, 3.63) is 87.4 Å². The van der Waals surface area contributed by atoms with Crippen LogP contribution in [0, 0.1) is 10.1 Å². The second kappa shape index (κ2) is 9.45. The normalized spacial score (nSPS) is 11.3. The van der Waals surface area contributed by atoms with E-state index in [9.17, 15) is 18.5 Å². The van der Waals surface area contributed by atoms with Crippen molar-refractivity contribution in [2.75, 3.05) is 17.3 Å². The minimum absolute atomic E-state index is 0.0419. The van der Waals surface area contributed by atoms with Crippen LogP contribution in [0.1, 0.15) is 5.56 Å². The van der Waals surface area contributed by atoms with Crippen molar-refractivity contribution in [3.8, 4) is 5.75 Å². The van der Waals surface area contributed by atoms with Gasteiger partial charge in [-0.1, -0.05) is 11.6 Å². The lowest BCUT2D eigenvalue weighted by atomic mass is 10.2. The molecule has 0 aromatic heterocycles. The number of anilines is 2. The van der Waals surface area contributed by atoms with Crippen LogP contribution in [0.5, 0.6) is 5.75 Å². The van der Waals surface area contributed by atoms with Crippen LogP contribution in [-0.2, 0) is 10.0 Å². The topological polar surface area (TPSA) is 123 Å². The molecular formula is C20H17ClN4O5S. The fraction of sp³-hybridized carbons (Fsp3) is 0.0500. The lowest BCUT2D eigenvalue weighted by Crippen LogP contribution is -2.13. The van der Waals surface area contributed by atoms with Gasteiger partial charge in [-0.05, 0) is 66.2 Å². The first kappa shape index (κ1) is 22.1. The van der Waals surface area contributed by atoms with Gasteiger partial charge < -0.3 is 4.74 Å². The second-order valence-electron chi connectivity index (χ2n) is 6.19. The third kappa shape index (κ3) is 5.71. The van der Waals surface area contributed by atoms with Crippen LogP contribution in [0.25, 0.3) is 0 Å². The Morgan fingerprint density at radius 2 is 1.74 bits per heavy atom. The number of ether oxygens (including phenoxy) is 1. The molecule has 3 aromatic rings. The van der Waals surface area contributed by atoms with Crippen molar-refractivity contribution in [1.82, 2.24) is 0 Å². The van der Waals surface area contributed by atoms with Crippen molar-refractivity contribution in [2.45, 2.75) is 4.90 Å². The maximum absolute atomic E-state index is 12.6. The van der Waals surface area contributed by atoms with E-state index in [1.165, 1.54) is 42.6 Å². The maximum atomic E-state index is 12.6. The molecule has 11 heteroatoms. The number of sulfonamides is 1. The number of benzene rings is 3. The van der Waals surface area contributed by atoms with Crippen LogP contribution in [0.15, 0.2) is 76.7 Å². The van der Waals surface area contributed by atoms with E-state index in [2.05, 4.69) is 15.2 Å². The van der Waals surface area contributed by atoms with E-state index in [4.69, 9.17) is 16.3 Å². The molecule has 0 atom stereocenters. The van der Waals surface area contributed by atoms with E-state index < -0.39 is 20.6 Å². The zero-order valence-electron chi connectivity index (χ0n) is 16.2. The number of nitro groups is 1. The Labute approximate surface area is 183 Å². The molecule has 0 radical (unpaired) electrons. The highest BCUT2D eigenvalue weighted by Gasteiger charge is 2.21. The van der Waals surface area contributed by atoms with Gasteiger partial charge >= 0.3 is 0 Å². The predicted octanol–water partition coefficient (Wildman–Crippen LogP) is 4.50. The molecular weight excluding hydrogens is 444 g/mol. The summed E-state index contributed by atoms with van der Waals surface area (Å²) < 4.78 is 32.6. The van der Waals surface area contributed by atoms with Crippen molar-refractivity contribution in [2.24, 2.45) is 5.10 Å². The van der Waals surface area contributed by atoms with Crippen LogP contribution in [0.3, 0.4) is 0 Å². The van der Waals surface area contributed by atoms with Crippen LogP contribution in [0.4, 0.5) is 17.1 Å². The van der Waals surface area contributed by atoms with Gasteiger partial charge in [0.25, 0.3) is 15.7 Å². The molecule has 160 valence electrons. The van der Waals surface area contributed by atoms with Crippen molar-refractivity contribution in [1.29, 1.82) is 0 Å². The number of nitrogens with one attached hydrogen (secondary N) is 2. The standard InChI is InChI=1S/C20H17ClN4O5S/c1-30-17-8-2-14(3-9-17)13-22-23-19-11-10-18(12-20(19)25(26)27)31(28,29)24-16-6-4-15(21)5-7-16/h2-13,23-24H,1H3. The van der Waals surface area contributed by atoms with Gasteiger partial charge in [-0.2, -0.15) is 5.10 Å². The van der Waals surface area contributed by atoms with E-state index in [1.807, 2.05) is 0 Å². The molecule has 0 fully saturated rings. The molecule has 2 N–H and O–H groups in total. The number of nitrogens with zero attached hydrogens (tertiary/aromatic N) is 2. The Bertz CT molecular complexity index is 1210. The smallest absolute Gasteiger partial charge is 0.295 e. The van der Waals surface area contributed by atoms with Crippen molar-refractivity contribution in [3.63, 3.8) is 0 Å². The molecule has 0 spiro atoms. The monoisotopic (exact) mass is 460 g/mol. The quantitative estimate of drug-likeness (QED) is 0.290. The third-order valence-corrected chi connectivity index (χ3v) is 5.72. The Balaban J connectivity index is 1.80. The van der Waals surface area contributed by atoms with Crippen molar-refractivity contribution < 1.29 is 18.1 Å². The minimum atomic E-state index is -4.04. The Morgan fingerprint density at radius 1 is 1.06 bits per heavy atom. The third-order valence-electron chi connectivity index (χ3n) is 4.09. The number of hydrazone groups is 1. The molecule has 0 saturated heterocycles. The number of methoxy groups -OCH3 is 1. The summed E-state index contributed by atoms with van der Waals surface area (Å²) in [5.74, 6) is 0.685. The molecule has 0 aliphatic rings. The zero-order chi connectivity index (χ0) is 22.4. The Kier molecular flexibility index (Phi) is 6.73. The molecule has 9 nitrogen and oxygen atoms in total. The highest BCUT2D eigenvalue weighted by Crippen LogP contribution is 2.29. The van der Waals surface area contributed by atoms with E-state index in [0.717, 1.165) is 11.6 Å². The first-order chi connectivity index (χ1) is 14.8. The molecule has 0 amide bonds. The van der Waals surface area contributed by atoms with Crippen LogP contribution < -0.4 is 14.9 Å². The average Bonchev–Trinajstić information content (AvgIpc) is 2.75. The van der Waals surface area contributed by atoms with Crippen LogP contribution >= 0.6 is 11.6 Å². The first-order valence-corrected chi connectivity index (χ1v) is 10.6. The zero-order valence-corrected chi connectivity index (χ0v) is 17.7. The Hall–Kier alpha value is -3.63. The number of nitro benzene ring substituents is 1. The molecule has 3 aromatic carbocycles. The summed E-state index contributed by atoms with van der Waals surface area (Å²) in [6.45, 7) is 0. The SMILES string of the molecule is COc1ccc(C=NNc2ccc(S(=O)(=O)Nc3ccc(Cl)cc3)cc2[N+](=O)[O-])cc1. The van der Waals surface area contributed by atoms with Gasteiger partial charge in [-0.15, -0.1) is 0 Å². The van der Waals surface area contributed by atoms with Gasteiger partial charge in [0.15, 0.2) is 0 Å². The van der Waals surface area contributed by atoms with Gasteiger partial charge in [0.1, 0.15) is 11.4 Å². The Morgan fingerprint density at radius 3 is 2.35 bits per heavy atom. The molecule has 0 aliphatic heterocycles. The van der Waals surface area contributed by atoms with E-state index >= 15 is 0 Å². The van der Waals surface area contributed by atoms with E-state index in [0.29, 0.717) is 10.8 Å². The van der Waals surface area contributed by atoms with Gasteiger partial charge in [0, 0.05) is 16.8 Å². The predicted molar refractivity (Wildman–Crippen MR) is 120 cm³/mol. The number of halogens is 1. The van der Waals surface area contributed by atoms with Gasteiger partial charge in [-0.3, -0.25) is 20.3 Å². The summed E-state index contributed by atoms with van der Waals surface area (Å²) in [6.07, 6.45) is 1.47. The van der Waals surface area contributed by atoms with E-state index in [1.54, 1.807) is 31.4 Å². The maximum Gasteiger partial charge on any atom is 0.295 e. The van der Waals surface area contributed by atoms with Crippen molar-refractivity contribution >= 4 is 44.9 Å². The minimum Gasteiger partial charge on any atom is -0.497 e. The molecule has 0 heterocycles. The largest absolute Gasteiger partial charge is 0.497 e. The first-order valence-electron chi connectivity index (χ1n) is 8.78. The number of hydrogen-bond donors (Lipinski definition) is 2. The summed E-state index contributed by atoms with van der Waals surface area (Å²) >= 11 is 5.79. The van der Waals surface area contributed by atoms with E-state index in [-0.39, 0.29) is 16.3 Å². The second-order valence-corrected chi connectivity index (χ2v) is 8.31. The average molecular weight is 461 g/mol. The number of rotatable bonds is 8. The fourth-order valence-electron chi connectivity index (χ4n) is 2.52. The summed E-state index contributed by atoms with van der Waals surface area (Å²) in [5.41, 5.74) is 3.19. The summed E-state index contributed by atoms with van der Waals surface area (Å²) in [5, 5.41) is 15.9.